The predicted octanol–water partition coefficient (Wildman–Crippen LogP) is 3.72. The maximum atomic E-state index is 10.5. The monoisotopic (exact) mass is 224 g/mol. The topological polar surface area (TPSA) is 20.2 Å². The van der Waals surface area contributed by atoms with E-state index in [1.807, 2.05) is 26.0 Å². The fourth-order valence-corrected chi connectivity index (χ4v) is 2.72. The maximum Gasteiger partial charge on any atom is 0.0899 e. The molecule has 1 N–H and O–H groups in total. The Kier molecular flexibility index (Phi) is 2.78. The van der Waals surface area contributed by atoms with Gasteiger partial charge >= 0.3 is 0 Å². The molecule has 0 bridgehead atoms. The van der Waals surface area contributed by atoms with Crippen LogP contribution in [0.5, 0.6) is 0 Å². The van der Waals surface area contributed by atoms with Crippen LogP contribution in [0.4, 0.5) is 0 Å². The average Bonchev–Trinajstić information content (AvgIpc) is 2.62. The lowest BCUT2D eigenvalue weighted by molar-refractivity contribution is 0.0438. The molecule has 1 nitrogen and oxygen atoms in total. The Morgan fingerprint density at radius 1 is 1.20 bits per heavy atom. The summed E-state index contributed by atoms with van der Waals surface area (Å²) in [7, 11) is 0. The zero-order valence-corrected chi connectivity index (χ0v) is 10.1. The molecule has 15 heavy (non-hydrogen) atoms. The van der Waals surface area contributed by atoms with E-state index in [4.69, 9.17) is 11.6 Å². The highest BCUT2D eigenvalue weighted by molar-refractivity contribution is 6.32. The van der Waals surface area contributed by atoms with Crippen LogP contribution >= 0.6 is 11.6 Å². The standard InChI is InChI=1S/C13H17ClO/c1-9-5-6-11(10(2)12(9)14)13(15)7-3-4-8-13/h5-6,15H,3-4,7-8H2,1-2H3. The lowest BCUT2D eigenvalue weighted by Gasteiger charge is -2.25. The molecule has 0 amide bonds. The van der Waals surface area contributed by atoms with Crippen molar-refractivity contribution in [1.82, 2.24) is 0 Å². The molecule has 0 unspecified atom stereocenters. The lowest BCUT2D eigenvalue weighted by atomic mass is 9.88. The van der Waals surface area contributed by atoms with E-state index < -0.39 is 5.60 Å². The van der Waals surface area contributed by atoms with E-state index in [2.05, 4.69) is 0 Å². The summed E-state index contributed by atoms with van der Waals surface area (Å²) in [6.07, 6.45) is 3.96. The number of rotatable bonds is 1. The first-order valence-electron chi connectivity index (χ1n) is 5.53. The molecule has 0 saturated heterocycles. The maximum absolute atomic E-state index is 10.5. The molecule has 1 aliphatic rings. The molecule has 0 heterocycles. The summed E-state index contributed by atoms with van der Waals surface area (Å²) in [5.74, 6) is 0. The Morgan fingerprint density at radius 2 is 1.80 bits per heavy atom. The van der Waals surface area contributed by atoms with Gasteiger partial charge in [0.15, 0.2) is 0 Å². The molecule has 1 aromatic rings. The molecule has 0 aromatic heterocycles. The van der Waals surface area contributed by atoms with Gasteiger partial charge in [-0.15, -0.1) is 0 Å². The summed E-state index contributed by atoms with van der Waals surface area (Å²) in [5, 5.41) is 11.3. The van der Waals surface area contributed by atoms with Crippen molar-refractivity contribution in [2.75, 3.05) is 0 Å². The molecule has 1 aliphatic carbocycles. The molecule has 0 radical (unpaired) electrons. The summed E-state index contributed by atoms with van der Waals surface area (Å²) < 4.78 is 0. The van der Waals surface area contributed by atoms with Gasteiger partial charge in [0.05, 0.1) is 5.60 Å². The van der Waals surface area contributed by atoms with Gasteiger partial charge in [-0.2, -0.15) is 0 Å². The Morgan fingerprint density at radius 3 is 2.40 bits per heavy atom. The van der Waals surface area contributed by atoms with Gasteiger partial charge in [-0.1, -0.05) is 36.6 Å². The van der Waals surface area contributed by atoms with Crippen LogP contribution in [0.2, 0.25) is 5.02 Å². The SMILES string of the molecule is Cc1ccc(C2(O)CCCC2)c(C)c1Cl. The van der Waals surface area contributed by atoms with Crippen molar-refractivity contribution in [2.45, 2.75) is 45.1 Å². The summed E-state index contributed by atoms with van der Waals surface area (Å²) in [6, 6.07) is 4.03. The van der Waals surface area contributed by atoms with Crippen LogP contribution in [-0.2, 0) is 5.60 Å². The van der Waals surface area contributed by atoms with Gasteiger partial charge in [0.1, 0.15) is 0 Å². The minimum absolute atomic E-state index is 0.624. The zero-order valence-electron chi connectivity index (χ0n) is 9.31. The van der Waals surface area contributed by atoms with E-state index in [0.29, 0.717) is 0 Å². The predicted molar refractivity (Wildman–Crippen MR) is 63.3 cm³/mol. The van der Waals surface area contributed by atoms with E-state index in [-0.39, 0.29) is 0 Å². The second-order valence-electron chi connectivity index (χ2n) is 4.61. The van der Waals surface area contributed by atoms with Crippen molar-refractivity contribution in [3.8, 4) is 0 Å². The molecule has 1 aromatic carbocycles. The molecule has 1 fully saturated rings. The quantitative estimate of drug-likeness (QED) is 0.771. The lowest BCUT2D eigenvalue weighted by Crippen LogP contribution is -2.22. The molecule has 0 spiro atoms. The minimum Gasteiger partial charge on any atom is -0.385 e. The van der Waals surface area contributed by atoms with Gasteiger partial charge in [-0.05, 0) is 43.4 Å². The average molecular weight is 225 g/mol. The molecular weight excluding hydrogens is 208 g/mol. The molecule has 0 atom stereocenters. The van der Waals surface area contributed by atoms with Gasteiger partial charge in [0, 0.05) is 5.02 Å². The van der Waals surface area contributed by atoms with E-state index in [1.165, 1.54) is 0 Å². The third-order valence-corrected chi connectivity index (χ3v) is 4.09. The summed E-state index contributed by atoms with van der Waals surface area (Å²) in [5.41, 5.74) is 2.53. The molecule has 0 aliphatic heterocycles. The second kappa shape index (κ2) is 3.80. The van der Waals surface area contributed by atoms with Gasteiger partial charge in [-0.3, -0.25) is 0 Å². The van der Waals surface area contributed by atoms with Crippen molar-refractivity contribution in [1.29, 1.82) is 0 Å². The Balaban J connectivity index is 2.49. The van der Waals surface area contributed by atoms with E-state index in [0.717, 1.165) is 47.4 Å². The fourth-order valence-electron chi connectivity index (χ4n) is 2.55. The normalized spacial score (nSPS) is 19.5. The molecular formula is C13H17ClO. The van der Waals surface area contributed by atoms with Crippen LogP contribution in [0, 0.1) is 13.8 Å². The number of aliphatic hydroxyl groups is 1. The first kappa shape index (κ1) is 11.0. The van der Waals surface area contributed by atoms with Crippen LogP contribution < -0.4 is 0 Å². The van der Waals surface area contributed by atoms with Crippen LogP contribution in [-0.4, -0.2) is 5.11 Å². The molecule has 2 rings (SSSR count). The van der Waals surface area contributed by atoms with E-state index >= 15 is 0 Å². The van der Waals surface area contributed by atoms with Crippen molar-refractivity contribution >= 4 is 11.6 Å². The second-order valence-corrected chi connectivity index (χ2v) is 4.99. The van der Waals surface area contributed by atoms with E-state index in [1.54, 1.807) is 0 Å². The third kappa shape index (κ3) is 1.79. The number of hydrogen-bond acceptors (Lipinski definition) is 1. The summed E-state index contributed by atoms with van der Waals surface area (Å²) in [4.78, 5) is 0. The fraction of sp³-hybridized carbons (Fsp3) is 0.538. The van der Waals surface area contributed by atoms with Crippen molar-refractivity contribution in [3.05, 3.63) is 33.8 Å². The first-order valence-corrected chi connectivity index (χ1v) is 5.91. The van der Waals surface area contributed by atoms with Gasteiger partial charge in [-0.25, -0.2) is 0 Å². The van der Waals surface area contributed by atoms with Crippen LogP contribution in [0.25, 0.3) is 0 Å². The molecule has 82 valence electrons. The number of benzene rings is 1. The number of aryl methyl sites for hydroxylation is 1. The first-order chi connectivity index (χ1) is 7.04. The van der Waals surface area contributed by atoms with Gasteiger partial charge in [0.25, 0.3) is 0 Å². The third-order valence-electron chi connectivity index (χ3n) is 3.51. The highest BCUT2D eigenvalue weighted by Crippen LogP contribution is 2.41. The van der Waals surface area contributed by atoms with Crippen molar-refractivity contribution < 1.29 is 5.11 Å². The zero-order chi connectivity index (χ0) is 11.1. The Bertz CT molecular complexity index is 378. The smallest absolute Gasteiger partial charge is 0.0899 e. The molecule has 2 heteroatoms. The van der Waals surface area contributed by atoms with Crippen LogP contribution in [0.3, 0.4) is 0 Å². The van der Waals surface area contributed by atoms with Crippen LogP contribution in [0.15, 0.2) is 12.1 Å². The summed E-state index contributed by atoms with van der Waals surface area (Å²) >= 11 is 6.21. The number of hydrogen-bond donors (Lipinski definition) is 1. The minimum atomic E-state index is -0.624. The van der Waals surface area contributed by atoms with Crippen LogP contribution in [0.1, 0.15) is 42.4 Å². The van der Waals surface area contributed by atoms with Crippen molar-refractivity contribution in [3.63, 3.8) is 0 Å². The van der Waals surface area contributed by atoms with E-state index in [9.17, 15) is 5.11 Å². The van der Waals surface area contributed by atoms with Crippen molar-refractivity contribution in [2.24, 2.45) is 0 Å². The van der Waals surface area contributed by atoms with Gasteiger partial charge in [0.2, 0.25) is 0 Å². The largest absolute Gasteiger partial charge is 0.385 e. The highest BCUT2D eigenvalue weighted by Gasteiger charge is 2.34. The van der Waals surface area contributed by atoms with Gasteiger partial charge < -0.3 is 5.11 Å². The molecule has 1 saturated carbocycles. The summed E-state index contributed by atoms with van der Waals surface area (Å²) in [6.45, 7) is 4.00. The Labute approximate surface area is 96.1 Å². The highest BCUT2D eigenvalue weighted by atomic mass is 35.5. The number of halogens is 1. The Hall–Kier alpha value is -0.530.